The van der Waals surface area contributed by atoms with E-state index in [9.17, 15) is 0 Å². The lowest BCUT2D eigenvalue weighted by Crippen LogP contribution is -2.22. The van der Waals surface area contributed by atoms with Gasteiger partial charge in [0.15, 0.2) is 11.6 Å². The summed E-state index contributed by atoms with van der Waals surface area (Å²) in [5, 5.41) is 14.7. The second-order valence-corrected chi connectivity index (χ2v) is 6.84. The number of aliphatic imine (C=N–C) groups is 1. The molecule has 8 heteroatoms. The van der Waals surface area contributed by atoms with E-state index in [1.807, 2.05) is 18.2 Å². The zero-order chi connectivity index (χ0) is 18.6. The number of fused-ring (bicyclic) bond motifs is 1. The number of hydrogen-bond acceptors (Lipinski definition) is 7. The van der Waals surface area contributed by atoms with Gasteiger partial charge in [-0.1, -0.05) is 6.92 Å². The molecule has 0 radical (unpaired) electrons. The lowest BCUT2D eigenvalue weighted by Gasteiger charge is -2.10. The van der Waals surface area contributed by atoms with Gasteiger partial charge in [0.05, 0.1) is 25.0 Å². The fourth-order valence-corrected chi connectivity index (χ4v) is 3.11. The molecule has 8 nitrogen and oxygen atoms in total. The quantitative estimate of drug-likeness (QED) is 0.656. The molecule has 3 N–H and O–H groups in total. The highest BCUT2D eigenvalue weighted by molar-refractivity contribution is 5.88. The number of hydrogen-bond donors (Lipinski definition) is 3. The molecule has 0 saturated carbocycles. The highest BCUT2D eigenvalue weighted by Gasteiger charge is 2.13. The summed E-state index contributed by atoms with van der Waals surface area (Å²) in [6, 6.07) is 5.94. The summed E-state index contributed by atoms with van der Waals surface area (Å²) in [4.78, 5) is 13.5. The molecule has 1 saturated heterocycles. The van der Waals surface area contributed by atoms with Gasteiger partial charge < -0.3 is 15.4 Å². The van der Waals surface area contributed by atoms with Crippen LogP contribution in [0.2, 0.25) is 0 Å². The zero-order valence-corrected chi connectivity index (χ0v) is 15.5. The summed E-state index contributed by atoms with van der Waals surface area (Å²) >= 11 is 0. The van der Waals surface area contributed by atoms with E-state index < -0.39 is 0 Å². The lowest BCUT2D eigenvalue weighted by atomic mass is 10.1. The van der Waals surface area contributed by atoms with E-state index in [1.165, 1.54) is 0 Å². The minimum atomic E-state index is 0.439. The predicted molar refractivity (Wildman–Crippen MR) is 106 cm³/mol. The minimum Gasteiger partial charge on any atom is -0.491 e. The van der Waals surface area contributed by atoms with Gasteiger partial charge in [-0.3, -0.25) is 5.10 Å². The number of ether oxygens (including phenoxy) is 1. The number of aromatic amines is 1. The monoisotopic (exact) mass is 365 g/mol. The van der Waals surface area contributed by atoms with Crippen LogP contribution in [-0.2, 0) is 0 Å². The lowest BCUT2D eigenvalue weighted by molar-refractivity contribution is 0.413. The Morgan fingerprint density at radius 1 is 1.30 bits per heavy atom. The molecular weight excluding hydrogens is 342 g/mol. The molecule has 140 valence electrons. The number of nitrogens with one attached hydrogen (secondary N) is 3. The standard InChI is InChI=1S/C19H23N7O/c1-12-3-4-15(10-20-8-12)24-19-21-11-17(27-2)18(25-19)23-14-5-6-16-13(7-14)9-22-26-16/h5-7,9,11-12,20H,3-4,8,10H2,1-2H3,(H,22,26)(H,21,23,25)/b24-15-. The first-order valence-electron chi connectivity index (χ1n) is 9.09. The second-order valence-electron chi connectivity index (χ2n) is 6.84. The molecular formula is C19H23N7O. The molecule has 1 unspecified atom stereocenters. The van der Waals surface area contributed by atoms with Gasteiger partial charge in [0.2, 0.25) is 0 Å². The van der Waals surface area contributed by atoms with Crippen LogP contribution >= 0.6 is 0 Å². The smallest absolute Gasteiger partial charge is 0.251 e. The molecule has 1 aliphatic heterocycles. The summed E-state index contributed by atoms with van der Waals surface area (Å²) in [6.45, 7) is 4.05. The second kappa shape index (κ2) is 7.71. The first-order chi connectivity index (χ1) is 13.2. The van der Waals surface area contributed by atoms with Crippen molar-refractivity contribution in [2.45, 2.75) is 19.8 Å². The number of aromatic nitrogens is 4. The molecule has 0 amide bonds. The molecule has 0 spiro atoms. The summed E-state index contributed by atoms with van der Waals surface area (Å²) < 4.78 is 5.40. The Bertz CT molecular complexity index is 966. The number of methoxy groups -OCH3 is 1. The molecule has 3 aromatic rings. The van der Waals surface area contributed by atoms with E-state index >= 15 is 0 Å². The average molecular weight is 365 g/mol. The SMILES string of the molecule is COc1cnc(/N=C2/CCC(C)CNC2)nc1Nc1ccc2[nH]ncc2c1. The maximum Gasteiger partial charge on any atom is 0.251 e. The van der Waals surface area contributed by atoms with Gasteiger partial charge in [0.1, 0.15) is 0 Å². The van der Waals surface area contributed by atoms with Gasteiger partial charge in [-0.05, 0) is 43.5 Å². The maximum absolute atomic E-state index is 5.40. The van der Waals surface area contributed by atoms with Crippen molar-refractivity contribution in [1.29, 1.82) is 0 Å². The van der Waals surface area contributed by atoms with E-state index in [0.29, 0.717) is 23.4 Å². The molecule has 4 rings (SSSR count). The number of H-pyrrole nitrogens is 1. The Hall–Kier alpha value is -3.00. The van der Waals surface area contributed by atoms with Crippen LogP contribution in [0.15, 0.2) is 35.6 Å². The van der Waals surface area contributed by atoms with Crippen LogP contribution in [0, 0.1) is 5.92 Å². The first-order valence-corrected chi connectivity index (χ1v) is 9.09. The molecule has 1 fully saturated rings. The van der Waals surface area contributed by atoms with Crippen molar-refractivity contribution in [3.8, 4) is 5.75 Å². The summed E-state index contributed by atoms with van der Waals surface area (Å²) in [5.74, 6) is 2.25. The van der Waals surface area contributed by atoms with E-state index in [2.05, 4.69) is 42.7 Å². The minimum absolute atomic E-state index is 0.439. The van der Waals surface area contributed by atoms with Crippen molar-refractivity contribution < 1.29 is 4.74 Å². The number of rotatable bonds is 4. The van der Waals surface area contributed by atoms with Gasteiger partial charge in [-0.15, -0.1) is 0 Å². The van der Waals surface area contributed by atoms with Crippen LogP contribution in [-0.4, -0.2) is 46.1 Å². The Morgan fingerprint density at radius 2 is 2.22 bits per heavy atom. The van der Waals surface area contributed by atoms with Crippen molar-refractivity contribution in [2.24, 2.45) is 10.9 Å². The maximum atomic E-state index is 5.40. The van der Waals surface area contributed by atoms with Gasteiger partial charge in [0, 0.05) is 23.3 Å². The third-order valence-electron chi connectivity index (χ3n) is 4.67. The summed E-state index contributed by atoms with van der Waals surface area (Å²) in [6.07, 6.45) is 5.52. The third kappa shape index (κ3) is 4.06. The van der Waals surface area contributed by atoms with Gasteiger partial charge in [0.25, 0.3) is 5.95 Å². The van der Waals surface area contributed by atoms with Gasteiger partial charge >= 0.3 is 0 Å². The fourth-order valence-electron chi connectivity index (χ4n) is 3.11. The largest absolute Gasteiger partial charge is 0.491 e. The normalized spacial score (nSPS) is 19.2. The zero-order valence-electron chi connectivity index (χ0n) is 15.5. The first kappa shape index (κ1) is 17.4. The van der Waals surface area contributed by atoms with Crippen molar-refractivity contribution in [2.75, 3.05) is 25.5 Å². The Balaban J connectivity index is 1.60. The van der Waals surface area contributed by atoms with E-state index in [4.69, 9.17) is 4.74 Å². The third-order valence-corrected chi connectivity index (χ3v) is 4.67. The summed E-state index contributed by atoms with van der Waals surface area (Å²) in [7, 11) is 1.60. The summed E-state index contributed by atoms with van der Waals surface area (Å²) in [5.41, 5.74) is 2.96. The number of benzene rings is 1. The molecule has 0 bridgehead atoms. The molecule has 1 aromatic carbocycles. The molecule has 1 aliphatic rings. The van der Waals surface area contributed by atoms with Crippen molar-refractivity contribution >= 4 is 34.1 Å². The molecule has 0 aliphatic carbocycles. The molecule has 3 heterocycles. The fraction of sp³-hybridized carbons (Fsp3) is 0.368. The van der Waals surface area contributed by atoms with E-state index in [1.54, 1.807) is 19.5 Å². The Kier molecular flexibility index (Phi) is 4.97. The van der Waals surface area contributed by atoms with E-state index in [0.717, 1.165) is 48.2 Å². The molecule has 2 aromatic heterocycles. The molecule has 27 heavy (non-hydrogen) atoms. The van der Waals surface area contributed by atoms with Crippen LogP contribution in [0.3, 0.4) is 0 Å². The van der Waals surface area contributed by atoms with Crippen LogP contribution in [0.5, 0.6) is 5.75 Å². The van der Waals surface area contributed by atoms with Crippen LogP contribution in [0.25, 0.3) is 10.9 Å². The van der Waals surface area contributed by atoms with Crippen molar-refractivity contribution in [1.82, 2.24) is 25.5 Å². The topological polar surface area (TPSA) is 100 Å². The predicted octanol–water partition coefficient (Wildman–Crippen LogP) is 3.20. The van der Waals surface area contributed by atoms with Gasteiger partial charge in [-0.2, -0.15) is 10.1 Å². The van der Waals surface area contributed by atoms with E-state index in [-0.39, 0.29) is 0 Å². The van der Waals surface area contributed by atoms with Crippen LogP contribution in [0.4, 0.5) is 17.5 Å². The Morgan fingerprint density at radius 3 is 3.11 bits per heavy atom. The highest BCUT2D eigenvalue weighted by Crippen LogP contribution is 2.28. The Labute approximate surface area is 157 Å². The van der Waals surface area contributed by atoms with Crippen molar-refractivity contribution in [3.05, 3.63) is 30.6 Å². The highest BCUT2D eigenvalue weighted by atomic mass is 16.5. The average Bonchev–Trinajstić information content (AvgIpc) is 3.04. The number of anilines is 2. The van der Waals surface area contributed by atoms with Crippen LogP contribution in [0.1, 0.15) is 19.8 Å². The number of nitrogens with zero attached hydrogens (tertiary/aromatic N) is 4. The van der Waals surface area contributed by atoms with Crippen molar-refractivity contribution in [3.63, 3.8) is 0 Å². The van der Waals surface area contributed by atoms with Gasteiger partial charge in [-0.25, -0.2) is 9.98 Å². The molecule has 1 atom stereocenters. The van der Waals surface area contributed by atoms with Crippen LogP contribution < -0.4 is 15.4 Å².